The number of benzene rings is 1. The lowest BCUT2D eigenvalue weighted by molar-refractivity contribution is -0.139. The van der Waals surface area contributed by atoms with Crippen LogP contribution >= 0.6 is 0 Å². The van der Waals surface area contributed by atoms with Gasteiger partial charge < -0.3 is 38.3 Å². The highest BCUT2D eigenvalue weighted by Gasteiger charge is 2.21. The second-order valence-corrected chi connectivity index (χ2v) is 8.09. The van der Waals surface area contributed by atoms with Crippen LogP contribution in [0.5, 0.6) is 11.5 Å². The second kappa shape index (κ2) is 13.7. The molecule has 3 rings (SSSR count). The maximum absolute atomic E-state index is 12.1. The van der Waals surface area contributed by atoms with Crippen LogP contribution in [0.25, 0.3) is 11.3 Å². The molecule has 0 atom stereocenters. The summed E-state index contributed by atoms with van der Waals surface area (Å²) in [6.45, 7) is 2.97. The van der Waals surface area contributed by atoms with Crippen molar-refractivity contribution in [3.05, 3.63) is 35.6 Å². The van der Waals surface area contributed by atoms with Gasteiger partial charge in [0.1, 0.15) is 23.0 Å². The smallest absolute Gasteiger partial charge is 0.310 e. The number of amides is 1. The van der Waals surface area contributed by atoms with E-state index in [-0.39, 0.29) is 25.9 Å². The Balaban J connectivity index is 1.73. The van der Waals surface area contributed by atoms with E-state index in [0.717, 1.165) is 38.2 Å². The first-order valence-corrected chi connectivity index (χ1v) is 11.6. The van der Waals surface area contributed by atoms with E-state index >= 15 is 0 Å². The van der Waals surface area contributed by atoms with Crippen LogP contribution in [-0.4, -0.2) is 71.3 Å². The predicted octanol–water partition coefficient (Wildman–Crippen LogP) is 2.73. The summed E-state index contributed by atoms with van der Waals surface area (Å²) in [6, 6.07) is 7.16. The first-order chi connectivity index (χ1) is 17.0. The molecule has 0 aliphatic carbocycles. The maximum Gasteiger partial charge on any atom is 0.310 e. The Morgan fingerprint density at radius 2 is 1.91 bits per heavy atom. The van der Waals surface area contributed by atoms with Crippen LogP contribution in [0, 0.1) is 0 Å². The number of furan rings is 1. The van der Waals surface area contributed by atoms with Crippen molar-refractivity contribution in [2.45, 2.75) is 32.2 Å². The number of esters is 1. The molecule has 1 fully saturated rings. The molecule has 1 N–H and O–H groups in total. The highest BCUT2D eigenvalue weighted by Crippen LogP contribution is 2.39. The van der Waals surface area contributed by atoms with Crippen molar-refractivity contribution >= 4 is 11.9 Å². The van der Waals surface area contributed by atoms with Gasteiger partial charge in [-0.05, 0) is 43.1 Å². The summed E-state index contributed by atoms with van der Waals surface area (Å²) in [6.07, 6.45) is 2.49. The van der Waals surface area contributed by atoms with E-state index in [0.29, 0.717) is 41.4 Å². The van der Waals surface area contributed by atoms with Crippen LogP contribution in [0.1, 0.15) is 30.6 Å². The van der Waals surface area contributed by atoms with E-state index in [1.807, 2.05) is 17.0 Å². The third kappa shape index (κ3) is 7.71. The molecule has 2 heterocycles. The molecule has 1 aromatic carbocycles. The zero-order valence-corrected chi connectivity index (χ0v) is 20.6. The third-order valence-corrected chi connectivity index (χ3v) is 5.56. The van der Waals surface area contributed by atoms with Crippen LogP contribution in [0.15, 0.2) is 28.7 Å². The molecule has 35 heavy (non-hydrogen) atoms. The van der Waals surface area contributed by atoms with Crippen molar-refractivity contribution in [1.29, 1.82) is 0 Å². The first-order valence-electron chi connectivity index (χ1n) is 11.6. The Morgan fingerprint density at radius 1 is 1.11 bits per heavy atom. The van der Waals surface area contributed by atoms with Crippen LogP contribution in [-0.2, 0) is 36.8 Å². The zero-order valence-electron chi connectivity index (χ0n) is 20.6. The molecule has 1 amide bonds. The topological polar surface area (TPSA) is 109 Å². The van der Waals surface area contributed by atoms with Crippen molar-refractivity contribution in [3.63, 3.8) is 0 Å². The highest BCUT2D eigenvalue weighted by atomic mass is 16.7. The quantitative estimate of drug-likeness (QED) is 0.229. The molecule has 10 nitrogen and oxygen atoms in total. The summed E-state index contributed by atoms with van der Waals surface area (Å²) >= 11 is 0. The van der Waals surface area contributed by atoms with Gasteiger partial charge in [-0.2, -0.15) is 0 Å². The van der Waals surface area contributed by atoms with Crippen LogP contribution < -0.4 is 14.8 Å². The van der Waals surface area contributed by atoms with E-state index in [1.54, 1.807) is 12.1 Å². The van der Waals surface area contributed by atoms with Gasteiger partial charge in [0, 0.05) is 39.8 Å². The van der Waals surface area contributed by atoms with Crippen LogP contribution in [0.4, 0.5) is 0 Å². The molecule has 10 heteroatoms. The van der Waals surface area contributed by atoms with Crippen molar-refractivity contribution < 1.29 is 37.7 Å². The summed E-state index contributed by atoms with van der Waals surface area (Å²) < 4.78 is 32.4. The van der Waals surface area contributed by atoms with Gasteiger partial charge in [0.05, 0.1) is 25.6 Å². The Kier molecular flexibility index (Phi) is 10.4. The number of nitrogens with one attached hydrogen (secondary N) is 1. The Bertz CT molecular complexity index is 974. The summed E-state index contributed by atoms with van der Waals surface area (Å²) in [5, 5.41) is 3.35. The monoisotopic (exact) mass is 490 g/mol. The molecule has 0 saturated carbocycles. The minimum Gasteiger partial charge on any atom is -0.469 e. The zero-order chi connectivity index (χ0) is 25.0. The van der Waals surface area contributed by atoms with Gasteiger partial charge in [0.25, 0.3) is 0 Å². The minimum absolute atomic E-state index is 0.00284. The third-order valence-electron chi connectivity index (χ3n) is 5.56. The number of rotatable bonds is 15. The average Bonchev–Trinajstić information content (AvgIpc) is 3.49. The lowest BCUT2D eigenvalue weighted by Crippen LogP contribution is -2.28. The average molecular weight is 491 g/mol. The van der Waals surface area contributed by atoms with E-state index < -0.39 is 5.97 Å². The molecule has 0 spiro atoms. The Labute approximate surface area is 205 Å². The maximum atomic E-state index is 12.1. The molecule has 2 aromatic rings. The summed E-state index contributed by atoms with van der Waals surface area (Å²) in [7, 11) is 4.39. The molecule has 1 aromatic heterocycles. The SMILES string of the molecule is COCOc1cc(CC(=O)OC)c(-c2ccc(CNCCCN3CCCC3=O)o2)c(OCOC)c1. The van der Waals surface area contributed by atoms with E-state index in [4.69, 9.17) is 28.1 Å². The predicted molar refractivity (Wildman–Crippen MR) is 127 cm³/mol. The number of hydrogen-bond acceptors (Lipinski definition) is 9. The number of carbonyl (C=O) groups is 2. The fourth-order valence-electron chi connectivity index (χ4n) is 3.89. The van der Waals surface area contributed by atoms with Crippen LogP contribution in [0.3, 0.4) is 0 Å². The second-order valence-electron chi connectivity index (χ2n) is 8.09. The van der Waals surface area contributed by atoms with Crippen molar-refractivity contribution in [2.24, 2.45) is 0 Å². The normalized spacial score (nSPS) is 13.3. The van der Waals surface area contributed by atoms with Crippen molar-refractivity contribution in [3.8, 4) is 22.8 Å². The van der Waals surface area contributed by atoms with Crippen molar-refractivity contribution in [2.75, 3.05) is 54.5 Å². The number of ether oxygens (including phenoxy) is 5. The molecule has 0 bridgehead atoms. The Morgan fingerprint density at radius 3 is 2.63 bits per heavy atom. The van der Waals surface area contributed by atoms with Gasteiger partial charge in [0.15, 0.2) is 13.6 Å². The van der Waals surface area contributed by atoms with Gasteiger partial charge in [0.2, 0.25) is 5.91 Å². The van der Waals surface area contributed by atoms with E-state index in [1.165, 1.54) is 21.3 Å². The highest BCUT2D eigenvalue weighted by molar-refractivity contribution is 5.80. The summed E-state index contributed by atoms with van der Waals surface area (Å²) in [5.74, 6) is 2.05. The fraction of sp³-hybridized carbons (Fsp3) is 0.520. The van der Waals surface area contributed by atoms with Crippen LogP contribution in [0.2, 0.25) is 0 Å². The van der Waals surface area contributed by atoms with Gasteiger partial charge >= 0.3 is 5.97 Å². The molecular formula is C25H34N2O8. The molecule has 0 unspecified atom stereocenters. The summed E-state index contributed by atoms with van der Waals surface area (Å²) in [5.41, 5.74) is 1.25. The number of nitrogens with zero attached hydrogens (tertiary/aromatic N) is 1. The summed E-state index contributed by atoms with van der Waals surface area (Å²) in [4.78, 5) is 25.7. The Hall–Kier alpha value is -3.08. The molecule has 192 valence electrons. The molecule has 1 aliphatic rings. The van der Waals surface area contributed by atoms with Gasteiger partial charge in [-0.15, -0.1) is 0 Å². The largest absolute Gasteiger partial charge is 0.469 e. The number of methoxy groups -OCH3 is 3. The van der Waals surface area contributed by atoms with Crippen molar-refractivity contribution in [1.82, 2.24) is 10.2 Å². The molecular weight excluding hydrogens is 456 g/mol. The minimum atomic E-state index is -0.405. The molecule has 1 saturated heterocycles. The fourth-order valence-corrected chi connectivity index (χ4v) is 3.89. The van der Waals surface area contributed by atoms with Gasteiger partial charge in [-0.1, -0.05) is 0 Å². The molecule has 1 aliphatic heterocycles. The lowest BCUT2D eigenvalue weighted by atomic mass is 10.0. The number of likely N-dealkylation sites (tertiary alicyclic amines) is 1. The number of hydrogen-bond donors (Lipinski definition) is 1. The van der Waals surface area contributed by atoms with E-state index in [2.05, 4.69) is 5.32 Å². The van der Waals surface area contributed by atoms with Gasteiger partial charge in [-0.3, -0.25) is 9.59 Å². The van der Waals surface area contributed by atoms with E-state index in [9.17, 15) is 9.59 Å². The molecule has 0 radical (unpaired) electrons. The van der Waals surface area contributed by atoms with Gasteiger partial charge in [-0.25, -0.2) is 0 Å². The standard InChI is InChI=1S/C25H34N2O8/c1-30-16-33-20-12-18(13-24(29)32-3)25(22(14-20)34-17-31-2)21-8-7-19(35-21)15-26-9-5-11-27-10-4-6-23(27)28/h7-8,12,14,26H,4-6,9-11,13,15-17H2,1-3H3. The lowest BCUT2D eigenvalue weighted by Gasteiger charge is -2.16. The number of carbonyl (C=O) groups excluding carboxylic acids is 2. The first kappa shape index (κ1) is 26.5.